The molecule has 0 atom stereocenters. The van der Waals surface area contributed by atoms with Crippen LogP contribution in [0.5, 0.6) is 0 Å². The van der Waals surface area contributed by atoms with E-state index in [4.69, 9.17) is 5.73 Å². The molecule has 7 heteroatoms. The van der Waals surface area contributed by atoms with E-state index in [1.807, 2.05) is 12.1 Å². The molecule has 0 radical (unpaired) electrons. The smallest absolute Gasteiger partial charge is 0.159 e. The Kier molecular flexibility index (Phi) is 5.30. The number of nitrogens with zero attached hydrogens (tertiary/aromatic N) is 2. The van der Waals surface area contributed by atoms with Gasteiger partial charge in [-0.25, -0.2) is 9.97 Å². The van der Waals surface area contributed by atoms with Crippen molar-refractivity contribution in [1.82, 2.24) is 15.3 Å². The second-order valence-corrected chi connectivity index (χ2v) is 8.89. The predicted molar refractivity (Wildman–Crippen MR) is 114 cm³/mol. The van der Waals surface area contributed by atoms with Crippen molar-refractivity contribution in [2.45, 2.75) is 64.6 Å². The molecular formula is C21H30N6O. The molecule has 1 saturated heterocycles. The highest BCUT2D eigenvalue weighted by Gasteiger charge is 2.37. The fourth-order valence-electron chi connectivity index (χ4n) is 4.15. The Balaban J connectivity index is 1.76. The number of hydrogen-bond donors (Lipinski definition) is 4. The SMILES string of the molecule is CC(=O)c1ccc(Nc2ncnc(NC3CC(C)(C)NC(C)(C)C3)c2N)cc1. The van der Waals surface area contributed by atoms with Crippen LogP contribution in [0.2, 0.25) is 0 Å². The van der Waals surface area contributed by atoms with E-state index < -0.39 is 0 Å². The zero-order valence-corrected chi connectivity index (χ0v) is 17.3. The van der Waals surface area contributed by atoms with Crippen molar-refractivity contribution < 1.29 is 4.79 Å². The van der Waals surface area contributed by atoms with E-state index in [0.717, 1.165) is 18.5 Å². The molecule has 1 aliphatic heterocycles. The van der Waals surface area contributed by atoms with E-state index in [-0.39, 0.29) is 22.9 Å². The number of ketones is 1. The van der Waals surface area contributed by atoms with Gasteiger partial charge >= 0.3 is 0 Å². The molecule has 3 rings (SSSR count). The lowest BCUT2D eigenvalue weighted by atomic mass is 9.79. The molecule has 0 amide bonds. The van der Waals surface area contributed by atoms with Crippen molar-refractivity contribution in [2.75, 3.05) is 16.4 Å². The monoisotopic (exact) mass is 382 g/mol. The lowest BCUT2D eigenvalue weighted by Gasteiger charge is -2.46. The number of aromatic nitrogens is 2. The number of Topliss-reactive ketones (excluding diaryl/α,β-unsaturated/α-hetero) is 1. The average Bonchev–Trinajstić information content (AvgIpc) is 2.56. The van der Waals surface area contributed by atoms with Gasteiger partial charge in [0.2, 0.25) is 0 Å². The summed E-state index contributed by atoms with van der Waals surface area (Å²) in [5.41, 5.74) is 8.35. The number of carbonyl (C=O) groups excluding carboxylic acids is 1. The summed E-state index contributed by atoms with van der Waals surface area (Å²) in [7, 11) is 0. The maximum Gasteiger partial charge on any atom is 0.159 e. The Hall–Kier alpha value is -2.67. The highest BCUT2D eigenvalue weighted by atomic mass is 16.1. The summed E-state index contributed by atoms with van der Waals surface area (Å²) in [5, 5.41) is 10.4. The molecule has 0 saturated carbocycles. The summed E-state index contributed by atoms with van der Waals surface area (Å²) >= 11 is 0. The third kappa shape index (κ3) is 4.78. The molecule has 0 aliphatic carbocycles. The highest BCUT2D eigenvalue weighted by molar-refractivity contribution is 5.94. The summed E-state index contributed by atoms with van der Waals surface area (Å²) in [6, 6.07) is 7.49. The van der Waals surface area contributed by atoms with Gasteiger partial charge in [0.15, 0.2) is 17.4 Å². The molecule has 7 nitrogen and oxygen atoms in total. The third-order valence-electron chi connectivity index (χ3n) is 4.97. The molecule has 5 N–H and O–H groups in total. The number of nitrogen functional groups attached to an aromatic ring is 1. The topological polar surface area (TPSA) is 105 Å². The van der Waals surface area contributed by atoms with Crippen LogP contribution < -0.4 is 21.7 Å². The molecule has 1 aromatic heterocycles. The van der Waals surface area contributed by atoms with Crippen LogP contribution in [-0.2, 0) is 0 Å². The van der Waals surface area contributed by atoms with Crippen molar-refractivity contribution >= 4 is 28.8 Å². The molecule has 1 aliphatic rings. The Morgan fingerprint density at radius 1 is 1.07 bits per heavy atom. The van der Waals surface area contributed by atoms with Crippen LogP contribution in [0.25, 0.3) is 0 Å². The van der Waals surface area contributed by atoms with E-state index in [2.05, 4.69) is 53.6 Å². The molecule has 0 spiro atoms. The lowest BCUT2D eigenvalue weighted by molar-refractivity contribution is 0.101. The van der Waals surface area contributed by atoms with Crippen LogP contribution in [0.4, 0.5) is 23.0 Å². The van der Waals surface area contributed by atoms with Crippen LogP contribution in [0, 0.1) is 0 Å². The number of rotatable bonds is 5. The first-order valence-electron chi connectivity index (χ1n) is 9.59. The van der Waals surface area contributed by atoms with E-state index in [1.165, 1.54) is 6.33 Å². The molecule has 0 bridgehead atoms. The Morgan fingerprint density at radius 3 is 2.21 bits per heavy atom. The number of anilines is 4. The fraction of sp³-hybridized carbons (Fsp3) is 0.476. The van der Waals surface area contributed by atoms with Gasteiger partial charge in [-0.1, -0.05) is 0 Å². The van der Waals surface area contributed by atoms with Gasteiger partial charge in [0, 0.05) is 28.4 Å². The minimum absolute atomic E-state index is 0.0285. The van der Waals surface area contributed by atoms with Crippen molar-refractivity contribution in [2.24, 2.45) is 0 Å². The van der Waals surface area contributed by atoms with E-state index in [0.29, 0.717) is 22.9 Å². The summed E-state index contributed by atoms with van der Waals surface area (Å²) in [6.45, 7) is 10.4. The number of nitrogens with one attached hydrogen (secondary N) is 3. The molecular weight excluding hydrogens is 352 g/mol. The summed E-state index contributed by atoms with van der Waals surface area (Å²) < 4.78 is 0. The van der Waals surface area contributed by atoms with Crippen LogP contribution in [-0.4, -0.2) is 32.9 Å². The van der Waals surface area contributed by atoms with Gasteiger partial charge in [-0.2, -0.15) is 0 Å². The number of piperidine rings is 1. The minimum atomic E-state index is 0.0285. The van der Waals surface area contributed by atoms with Crippen LogP contribution in [0.1, 0.15) is 57.8 Å². The molecule has 1 fully saturated rings. The fourth-order valence-corrected chi connectivity index (χ4v) is 4.15. The van der Waals surface area contributed by atoms with E-state index in [9.17, 15) is 4.79 Å². The van der Waals surface area contributed by atoms with Gasteiger partial charge < -0.3 is 21.7 Å². The van der Waals surface area contributed by atoms with Crippen LogP contribution in [0.3, 0.4) is 0 Å². The lowest BCUT2D eigenvalue weighted by Crippen LogP contribution is -2.60. The third-order valence-corrected chi connectivity index (χ3v) is 4.97. The second-order valence-electron chi connectivity index (χ2n) is 8.89. The number of nitrogens with two attached hydrogens (primary N) is 1. The Morgan fingerprint density at radius 2 is 1.64 bits per heavy atom. The van der Waals surface area contributed by atoms with Gasteiger partial charge in [0.1, 0.15) is 12.0 Å². The van der Waals surface area contributed by atoms with Crippen molar-refractivity contribution in [3.05, 3.63) is 36.2 Å². The van der Waals surface area contributed by atoms with E-state index in [1.54, 1.807) is 19.1 Å². The zero-order valence-electron chi connectivity index (χ0n) is 17.3. The average molecular weight is 383 g/mol. The summed E-state index contributed by atoms with van der Waals surface area (Å²) in [5.74, 6) is 1.21. The number of hydrogen-bond acceptors (Lipinski definition) is 7. The molecule has 1 aromatic carbocycles. The largest absolute Gasteiger partial charge is 0.393 e. The summed E-state index contributed by atoms with van der Waals surface area (Å²) in [6.07, 6.45) is 3.44. The molecule has 0 unspecified atom stereocenters. The molecule has 2 aromatic rings. The maximum atomic E-state index is 11.4. The zero-order chi connectivity index (χ0) is 20.5. The van der Waals surface area contributed by atoms with Crippen molar-refractivity contribution in [3.8, 4) is 0 Å². The number of carbonyl (C=O) groups is 1. The first-order chi connectivity index (χ1) is 13.0. The quantitative estimate of drug-likeness (QED) is 0.584. The Labute approximate surface area is 166 Å². The second kappa shape index (κ2) is 7.39. The van der Waals surface area contributed by atoms with Crippen LogP contribution >= 0.6 is 0 Å². The van der Waals surface area contributed by atoms with Crippen LogP contribution in [0.15, 0.2) is 30.6 Å². The van der Waals surface area contributed by atoms with E-state index >= 15 is 0 Å². The van der Waals surface area contributed by atoms with Gasteiger partial charge in [-0.3, -0.25) is 4.79 Å². The standard InChI is InChI=1S/C21H30N6O/c1-13(28)14-6-8-15(9-7-14)25-18-17(22)19(24-12-23-18)26-16-10-20(2,3)27-21(4,5)11-16/h6-9,12,16,27H,10-11,22H2,1-5H3,(H2,23,24,25,26). The first kappa shape index (κ1) is 20.1. The normalized spacial score (nSPS) is 18.5. The van der Waals surface area contributed by atoms with Gasteiger partial charge in [0.05, 0.1) is 0 Å². The molecule has 28 heavy (non-hydrogen) atoms. The molecule has 2 heterocycles. The van der Waals surface area contributed by atoms with Gasteiger partial charge in [-0.15, -0.1) is 0 Å². The first-order valence-corrected chi connectivity index (χ1v) is 9.59. The van der Waals surface area contributed by atoms with Gasteiger partial charge in [-0.05, 0) is 71.7 Å². The highest BCUT2D eigenvalue weighted by Crippen LogP contribution is 2.32. The Bertz CT molecular complexity index is 844. The van der Waals surface area contributed by atoms with Crippen molar-refractivity contribution in [1.29, 1.82) is 0 Å². The number of benzene rings is 1. The summed E-state index contributed by atoms with van der Waals surface area (Å²) in [4.78, 5) is 20.1. The van der Waals surface area contributed by atoms with Crippen molar-refractivity contribution in [3.63, 3.8) is 0 Å². The predicted octanol–water partition coefficient (Wildman–Crippen LogP) is 3.73. The minimum Gasteiger partial charge on any atom is -0.393 e. The maximum absolute atomic E-state index is 11.4. The molecule has 150 valence electrons. The van der Waals surface area contributed by atoms with Gasteiger partial charge in [0.25, 0.3) is 0 Å².